The standard InChI is InChI=1S/C11H16F3N5O/c1-6-7(3-4-20-6)19(2)9-5-8(11(12,13)14)16-10(17-9)18-15/h5-7H,3-4,15H2,1-2H3,(H,16,17,18). The minimum atomic E-state index is -4.55. The van der Waals surface area contributed by atoms with Crippen LogP contribution in [0.3, 0.4) is 0 Å². The fraction of sp³-hybridized carbons (Fsp3) is 0.636. The monoisotopic (exact) mass is 291 g/mol. The van der Waals surface area contributed by atoms with Gasteiger partial charge in [-0.25, -0.2) is 10.8 Å². The smallest absolute Gasteiger partial charge is 0.376 e. The number of aromatic nitrogens is 2. The second-order valence-electron chi connectivity index (χ2n) is 4.62. The number of alkyl halides is 3. The van der Waals surface area contributed by atoms with E-state index in [1.54, 1.807) is 11.9 Å². The molecule has 112 valence electrons. The summed E-state index contributed by atoms with van der Waals surface area (Å²) in [6.07, 6.45) is -3.89. The first-order valence-corrected chi connectivity index (χ1v) is 6.10. The molecule has 0 bridgehead atoms. The van der Waals surface area contributed by atoms with Crippen LogP contribution in [0.2, 0.25) is 0 Å². The lowest BCUT2D eigenvalue weighted by Crippen LogP contribution is -2.37. The minimum absolute atomic E-state index is 0.0309. The maximum atomic E-state index is 12.8. The molecule has 2 atom stereocenters. The molecule has 3 N–H and O–H groups in total. The number of hydrazine groups is 1. The first-order chi connectivity index (χ1) is 9.32. The highest BCUT2D eigenvalue weighted by molar-refractivity contribution is 5.45. The van der Waals surface area contributed by atoms with Crippen molar-refractivity contribution in [2.24, 2.45) is 5.84 Å². The lowest BCUT2D eigenvalue weighted by atomic mass is 10.1. The number of likely N-dealkylation sites (N-methyl/N-ethyl adjacent to an activating group) is 1. The molecule has 1 aliphatic rings. The van der Waals surface area contributed by atoms with Crippen molar-refractivity contribution in [2.75, 3.05) is 24.0 Å². The Morgan fingerprint density at radius 1 is 1.45 bits per heavy atom. The van der Waals surface area contributed by atoms with Crippen molar-refractivity contribution in [3.63, 3.8) is 0 Å². The van der Waals surface area contributed by atoms with Crippen LogP contribution in [0, 0.1) is 0 Å². The summed E-state index contributed by atoms with van der Waals surface area (Å²) in [6, 6.07) is 0.878. The van der Waals surface area contributed by atoms with E-state index in [2.05, 4.69) is 15.4 Å². The SMILES string of the molecule is CC1OCCC1N(C)c1cc(C(F)(F)F)nc(NN)n1. The predicted octanol–water partition coefficient (Wildman–Crippen LogP) is 1.39. The highest BCUT2D eigenvalue weighted by Gasteiger charge is 2.35. The van der Waals surface area contributed by atoms with Crippen LogP contribution in [0.4, 0.5) is 24.9 Å². The van der Waals surface area contributed by atoms with E-state index in [1.165, 1.54) is 0 Å². The van der Waals surface area contributed by atoms with Gasteiger partial charge in [0.05, 0.1) is 12.1 Å². The van der Waals surface area contributed by atoms with Gasteiger partial charge in [0.25, 0.3) is 0 Å². The van der Waals surface area contributed by atoms with E-state index in [4.69, 9.17) is 10.6 Å². The predicted molar refractivity (Wildman–Crippen MR) is 67.1 cm³/mol. The Hall–Kier alpha value is -1.61. The molecule has 6 nitrogen and oxygen atoms in total. The Kier molecular flexibility index (Phi) is 4.00. The summed E-state index contributed by atoms with van der Waals surface area (Å²) in [6.45, 7) is 2.46. The Labute approximate surface area is 114 Å². The summed E-state index contributed by atoms with van der Waals surface area (Å²) in [7, 11) is 1.68. The van der Waals surface area contributed by atoms with E-state index in [9.17, 15) is 13.2 Å². The zero-order valence-corrected chi connectivity index (χ0v) is 11.1. The molecule has 0 saturated carbocycles. The fourth-order valence-electron chi connectivity index (χ4n) is 2.22. The molecule has 1 saturated heterocycles. The number of ether oxygens (including phenoxy) is 1. The molecule has 0 spiro atoms. The van der Waals surface area contributed by atoms with Crippen molar-refractivity contribution in [3.05, 3.63) is 11.8 Å². The van der Waals surface area contributed by atoms with Gasteiger partial charge in [0.15, 0.2) is 5.69 Å². The quantitative estimate of drug-likeness (QED) is 0.647. The first kappa shape index (κ1) is 14.8. The number of nitrogens with two attached hydrogens (primary N) is 1. The molecular formula is C11H16F3N5O. The molecule has 20 heavy (non-hydrogen) atoms. The van der Waals surface area contributed by atoms with E-state index >= 15 is 0 Å². The van der Waals surface area contributed by atoms with Crippen LogP contribution in [0.5, 0.6) is 0 Å². The van der Waals surface area contributed by atoms with Crippen molar-refractivity contribution in [3.8, 4) is 0 Å². The van der Waals surface area contributed by atoms with Gasteiger partial charge in [-0.1, -0.05) is 0 Å². The second-order valence-corrected chi connectivity index (χ2v) is 4.62. The Morgan fingerprint density at radius 2 is 2.15 bits per heavy atom. The number of anilines is 2. The van der Waals surface area contributed by atoms with Crippen LogP contribution in [-0.4, -0.2) is 35.8 Å². The van der Waals surface area contributed by atoms with Crippen molar-refractivity contribution in [1.29, 1.82) is 0 Å². The minimum Gasteiger partial charge on any atom is -0.376 e. The molecular weight excluding hydrogens is 275 g/mol. The van der Waals surface area contributed by atoms with Gasteiger partial charge in [0.2, 0.25) is 5.95 Å². The van der Waals surface area contributed by atoms with Crippen LogP contribution in [-0.2, 0) is 10.9 Å². The first-order valence-electron chi connectivity index (χ1n) is 6.10. The summed E-state index contributed by atoms with van der Waals surface area (Å²) < 4.78 is 43.8. The number of hydrogen-bond acceptors (Lipinski definition) is 6. The van der Waals surface area contributed by atoms with Gasteiger partial charge in [-0.05, 0) is 13.3 Å². The van der Waals surface area contributed by atoms with E-state index in [0.717, 1.165) is 12.5 Å². The molecule has 1 aromatic rings. The number of nitrogen functional groups attached to an aromatic ring is 1. The lowest BCUT2D eigenvalue weighted by Gasteiger charge is -2.28. The maximum absolute atomic E-state index is 12.8. The van der Waals surface area contributed by atoms with Gasteiger partial charge < -0.3 is 9.64 Å². The highest BCUT2D eigenvalue weighted by Crippen LogP contribution is 2.31. The molecule has 2 heterocycles. The van der Waals surface area contributed by atoms with Crippen molar-refractivity contribution < 1.29 is 17.9 Å². The Bertz CT molecular complexity index is 482. The third kappa shape index (κ3) is 2.93. The number of halogens is 3. The molecule has 0 amide bonds. The van der Waals surface area contributed by atoms with Gasteiger partial charge >= 0.3 is 6.18 Å². The lowest BCUT2D eigenvalue weighted by molar-refractivity contribution is -0.141. The van der Waals surface area contributed by atoms with Gasteiger partial charge in [-0.15, -0.1) is 0 Å². The molecule has 1 fully saturated rings. The van der Waals surface area contributed by atoms with E-state index < -0.39 is 11.9 Å². The Morgan fingerprint density at radius 3 is 2.65 bits per heavy atom. The van der Waals surface area contributed by atoms with Gasteiger partial charge in [0.1, 0.15) is 5.82 Å². The largest absolute Gasteiger partial charge is 0.433 e. The molecule has 0 aliphatic carbocycles. The summed E-state index contributed by atoms with van der Waals surface area (Å²) in [5.74, 6) is 5.01. The summed E-state index contributed by atoms with van der Waals surface area (Å²) in [5, 5.41) is 0. The summed E-state index contributed by atoms with van der Waals surface area (Å²) in [5.41, 5.74) is 1.02. The zero-order chi connectivity index (χ0) is 14.9. The molecule has 2 rings (SSSR count). The maximum Gasteiger partial charge on any atom is 0.433 e. The summed E-state index contributed by atoms with van der Waals surface area (Å²) in [4.78, 5) is 8.95. The fourth-order valence-corrected chi connectivity index (χ4v) is 2.22. The summed E-state index contributed by atoms with van der Waals surface area (Å²) >= 11 is 0. The van der Waals surface area contributed by atoms with Crippen LogP contribution in [0.1, 0.15) is 19.0 Å². The van der Waals surface area contributed by atoms with E-state index in [1.807, 2.05) is 6.92 Å². The van der Waals surface area contributed by atoms with E-state index in [0.29, 0.717) is 6.61 Å². The van der Waals surface area contributed by atoms with Gasteiger partial charge in [0, 0.05) is 19.7 Å². The number of nitrogens with one attached hydrogen (secondary N) is 1. The van der Waals surface area contributed by atoms with Crippen LogP contribution in [0.25, 0.3) is 0 Å². The number of rotatable bonds is 3. The topological polar surface area (TPSA) is 76.3 Å². The average Bonchev–Trinajstić information content (AvgIpc) is 2.82. The van der Waals surface area contributed by atoms with Gasteiger partial charge in [-0.3, -0.25) is 5.43 Å². The van der Waals surface area contributed by atoms with Crippen LogP contribution < -0.4 is 16.2 Å². The van der Waals surface area contributed by atoms with Crippen molar-refractivity contribution in [1.82, 2.24) is 9.97 Å². The molecule has 9 heteroatoms. The van der Waals surface area contributed by atoms with E-state index in [-0.39, 0.29) is 23.9 Å². The normalized spacial score (nSPS) is 22.9. The van der Waals surface area contributed by atoms with Crippen molar-refractivity contribution in [2.45, 2.75) is 31.7 Å². The number of nitrogens with zero attached hydrogens (tertiary/aromatic N) is 3. The molecule has 1 aliphatic heterocycles. The molecule has 2 unspecified atom stereocenters. The third-order valence-corrected chi connectivity index (χ3v) is 3.33. The molecule has 0 radical (unpaired) electrons. The Balaban J connectivity index is 2.35. The number of hydrogen-bond donors (Lipinski definition) is 2. The molecule has 0 aromatic carbocycles. The van der Waals surface area contributed by atoms with Crippen LogP contribution in [0.15, 0.2) is 6.07 Å². The van der Waals surface area contributed by atoms with Gasteiger partial charge in [-0.2, -0.15) is 18.2 Å². The zero-order valence-electron chi connectivity index (χ0n) is 11.1. The van der Waals surface area contributed by atoms with Crippen LogP contribution >= 0.6 is 0 Å². The second kappa shape index (κ2) is 5.41. The average molecular weight is 291 g/mol. The molecule has 1 aromatic heterocycles. The third-order valence-electron chi connectivity index (χ3n) is 3.33. The highest BCUT2D eigenvalue weighted by atomic mass is 19.4. The van der Waals surface area contributed by atoms with Crippen molar-refractivity contribution >= 4 is 11.8 Å².